The lowest BCUT2D eigenvalue weighted by Crippen LogP contribution is -2.44. The van der Waals surface area contributed by atoms with Gasteiger partial charge in [-0.3, -0.25) is 0 Å². The average Bonchev–Trinajstić information content (AvgIpc) is 2.97. The van der Waals surface area contributed by atoms with Gasteiger partial charge in [-0.15, -0.1) is 0 Å². The first-order valence-corrected chi connectivity index (χ1v) is 14.0. The second-order valence-electron chi connectivity index (χ2n) is 10.6. The lowest BCUT2D eigenvalue weighted by atomic mass is 10.0. The van der Waals surface area contributed by atoms with E-state index in [9.17, 15) is 0 Å². The van der Waals surface area contributed by atoms with E-state index in [0.29, 0.717) is 6.04 Å². The lowest BCUT2D eigenvalue weighted by Gasteiger charge is -2.34. The lowest BCUT2D eigenvalue weighted by molar-refractivity contribution is 0.218. The van der Waals surface area contributed by atoms with Crippen LogP contribution in [0.1, 0.15) is 19.3 Å². The number of nitrogens with two attached hydrogens (primary N) is 1. The predicted octanol–water partition coefficient (Wildman–Crippen LogP) is 4.40. The van der Waals surface area contributed by atoms with Crippen molar-refractivity contribution in [2.24, 2.45) is 5.73 Å². The molecule has 0 bridgehead atoms. The molecule has 7 nitrogen and oxygen atoms in total. The molecule has 0 spiro atoms. The molecule has 2 aliphatic rings. The zero-order valence-corrected chi connectivity index (χ0v) is 22.9. The fourth-order valence-corrected chi connectivity index (χ4v) is 5.43. The quantitative estimate of drug-likeness (QED) is 0.439. The number of hydrogen-bond acceptors (Lipinski definition) is 7. The third kappa shape index (κ3) is 6.65. The molecule has 38 heavy (non-hydrogen) atoms. The Hall–Kier alpha value is -3.13. The van der Waals surface area contributed by atoms with E-state index in [1.54, 1.807) is 7.11 Å². The fourth-order valence-electron chi connectivity index (χ4n) is 5.43. The smallest absolute Gasteiger partial charge is 0.118 e. The minimum absolute atomic E-state index is 0.461. The molecule has 3 aromatic rings. The van der Waals surface area contributed by atoms with Crippen molar-refractivity contribution in [1.29, 1.82) is 0 Å². The van der Waals surface area contributed by atoms with Gasteiger partial charge in [0.05, 0.1) is 18.5 Å². The third-order valence-electron chi connectivity index (χ3n) is 7.88. The van der Waals surface area contributed by atoms with Crippen molar-refractivity contribution in [3.05, 3.63) is 60.7 Å². The Labute approximate surface area is 227 Å². The molecule has 202 valence electrons. The molecule has 0 saturated carbocycles. The zero-order chi connectivity index (χ0) is 26.3. The van der Waals surface area contributed by atoms with E-state index in [-0.39, 0.29) is 0 Å². The van der Waals surface area contributed by atoms with Crippen LogP contribution in [0.25, 0.3) is 22.5 Å². The molecule has 5 rings (SSSR count). The Bertz CT molecular complexity index is 1150. The van der Waals surface area contributed by atoms with Gasteiger partial charge in [-0.05, 0) is 87.9 Å². The number of likely N-dealkylation sites (tertiary alicyclic amines) is 1. The van der Waals surface area contributed by atoms with Gasteiger partial charge in [0.1, 0.15) is 5.75 Å². The number of piperazine rings is 1. The molecular weight excluding hydrogens is 472 g/mol. The van der Waals surface area contributed by atoms with Crippen LogP contribution in [0.4, 0.5) is 11.4 Å². The molecule has 3 N–H and O–H groups in total. The Morgan fingerprint density at radius 2 is 1.47 bits per heavy atom. The summed E-state index contributed by atoms with van der Waals surface area (Å²) in [6, 6.07) is 21.9. The van der Waals surface area contributed by atoms with Crippen molar-refractivity contribution in [3.63, 3.8) is 0 Å². The van der Waals surface area contributed by atoms with Gasteiger partial charge in [0.15, 0.2) is 0 Å². The number of aromatic nitrogens is 1. The minimum atomic E-state index is 0.461. The van der Waals surface area contributed by atoms with Crippen LogP contribution in [0.5, 0.6) is 5.75 Å². The Morgan fingerprint density at radius 1 is 0.868 bits per heavy atom. The number of methoxy groups -OCH3 is 1. The van der Waals surface area contributed by atoms with E-state index in [4.69, 9.17) is 15.5 Å². The number of nitrogens with zero attached hydrogens (tertiary/aromatic N) is 4. The van der Waals surface area contributed by atoms with Crippen LogP contribution in [0, 0.1) is 0 Å². The molecule has 2 fully saturated rings. The van der Waals surface area contributed by atoms with Gasteiger partial charge < -0.3 is 30.5 Å². The fraction of sp³-hybridized carbons (Fsp3) is 0.452. The number of pyridine rings is 1. The van der Waals surface area contributed by atoms with Crippen molar-refractivity contribution in [2.75, 3.05) is 76.7 Å². The molecule has 2 aliphatic heterocycles. The number of anilines is 2. The number of hydrogen-bond donors (Lipinski definition) is 2. The van der Waals surface area contributed by atoms with Crippen molar-refractivity contribution in [1.82, 2.24) is 14.8 Å². The molecule has 0 radical (unpaired) electrons. The Morgan fingerprint density at radius 3 is 2.05 bits per heavy atom. The Kier molecular flexibility index (Phi) is 8.79. The SMILES string of the molecule is COc1ccc(-c2cc(NC3CCN(CCCN)CC3)cc(-c3ccc(N4CCN(C)CC4)cc3)n2)cc1. The van der Waals surface area contributed by atoms with Crippen molar-refractivity contribution < 1.29 is 4.74 Å². The molecule has 0 unspecified atom stereocenters. The monoisotopic (exact) mass is 514 g/mol. The summed E-state index contributed by atoms with van der Waals surface area (Å²) in [7, 11) is 3.89. The molecular formula is C31H42N6O. The zero-order valence-electron chi connectivity index (χ0n) is 22.9. The third-order valence-corrected chi connectivity index (χ3v) is 7.88. The summed E-state index contributed by atoms with van der Waals surface area (Å²) in [5, 5.41) is 3.84. The van der Waals surface area contributed by atoms with E-state index in [1.165, 1.54) is 5.69 Å². The molecule has 7 heteroatoms. The van der Waals surface area contributed by atoms with Crippen LogP contribution >= 0.6 is 0 Å². The summed E-state index contributed by atoms with van der Waals surface area (Å²) in [4.78, 5) is 12.5. The highest BCUT2D eigenvalue weighted by Crippen LogP contribution is 2.30. The summed E-state index contributed by atoms with van der Waals surface area (Å²) >= 11 is 0. The van der Waals surface area contributed by atoms with Gasteiger partial charge in [-0.2, -0.15) is 0 Å². The molecule has 3 heterocycles. The van der Waals surface area contributed by atoms with E-state index >= 15 is 0 Å². The normalized spacial score (nSPS) is 17.5. The van der Waals surface area contributed by atoms with Crippen LogP contribution in [0.15, 0.2) is 60.7 Å². The van der Waals surface area contributed by atoms with Crippen LogP contribution in [-0.4, -0.2) is 87.3 Å². The van der Waals surface area contributed by atoms with Gasteiger partial charge in [-0.25, -0.2) is 4.98 Å². The van der Waals surface area contributed by atoms with Crippen LogP contribution in [-0.2, 0) is 0 Å². The Balaban J connectivity index is 1.37. The molecule has 2 aromatic carbocycles. The van der Waals surface area contributed by atoms with Crippen molar-refractivity contribution in [3.8, 4) is 28.3 Å². The van der Waals surface area contributed by atoms with Crippen LogP contribution in [0.3, 0.4) is 0 Å². The number of piperidine rings is 1. The topological polar surface area (TPSA) is 69.9 Å². The van der Waals surface area contributed by atoms with Gasteiger partial charge in [-0.1, -0.05) is 12.1 Å². The molecule has 2 saturated heterocycles. The summed E-state index contributed by atoms with van der Waals surface area (Å²) < 4.78 is 5.37. The highest BCUT2D eigenvalue weighted by Gasteiger charge is 2.20. The largest absolute Gasteiger partial charge is 0.497 e. The summed E-state index contributed by atoms with van der Waals surface area (Å²) in [5.74, 6) is 0.851. The molecule has 1 aromatic heterocycles. The first-order chi connectivity index (χ1) is 18.6. The van der Waals surface area contributed by atoms with Crippen molar-refractivity contribution in [2.45, 2.75) is 25.3 Å². The standard InChI is InChI=1S/C31H42N6O/c1-35-18-20-37(21-19-35)28-8-4-24(5-9-28)30-22-27(33-26-12-16-36(17-13-26)15-3-14-32)23-31(34-30)25-6-10-29(38-2)11-7-25/h4-11,22-23,26H,3,12-21,32H2,1-2H3,(H,33,34). The number of benzene rings is 2. The second kappa shape index (κ2) is 12.6. The van der Waals surface area contributed by atoms with E-state index in [0.717, 1.165) is 106 Å². The number of nitrogens with one attached hydrogen (secondary N) is 1. The summed E-state index contributed by atoms with van der Waals surface area (Å²) in [5.41, 5.74) is 12.3. The second-order valence-corrected chi connectivity index (χ2v) is 10.6. The average molecular weight is 515 g/mol. The number of rotatable bonds is 9. The maximum atomic E-state index is 5.71. The van der Waals surface area contributed by atoms with E-state index < -0.39 is 0 Å². The molecule has 0 amide bonds. The van der Waals surface area contributed by atoms with Gasteiger partial charge >= 0.3 is 0 Å². The minimum Gasteiger partial charge on any atom is -0.497 e. The van der Waals surface area contributed by atoms with Crippen molar-refractivity contribution >= 4 is 11.4 Å². The van der Waals surface area contributed by atoms with Gasteiger partial charge in [0.2, 0.25) is 0 Å². The highest BCUT2D eigenvalue weighted by molar-refractivity contribution is 5.73. The van der Waals surface area contributed by atoms with E-state index in [2.05, 4.69) is 75.6 Å². The van der Waals surface area contributed by atoms with Gasteiger partial charge in [0, 0.05) is 67.8 Å². The highest BCUT2D eigenvalue weighted by atomic mass is 16.5. The predicted molar refractivity (Wildman–Crippen MR) is 158 cm³/mol. The number of likely N-dealkylation sites (N-methyl/N-ethyl adjacent to an activating group) is 1. The molecule has 0 aliphatic carbocycles. The molecule has 0 atom stereocenters. The van der Waals surface area contributed by atoms with Crippen LogP contribution in [0.2, 0.25) is 0 Å². The van der Waals surface area contributed by atoms with E-state index in [1.807, 2.05) is 12.1 Å². The van der Waals surface area contributed by atoms with Crippen LogP contribution < -0.4 is 20.7 Å². The first kappa shape index (κ1) is 26.5. The van der Waals surface area contributed by atoms with Gasteiger partial charge in [0.25, 0.3) is 0 Å². The maximum Gasteiger partial charge on any atom is 0.118 e. The maximum absolute atomic E-state index is 5.71. The summed E-state index contributed by atoms with van der Waals surface area (Å²) in [6.45, 7) is 8.46. The number of ether oxygens (including phenoxy) is 1. The first-order valence-electron chi connectivity index (χ1n) is 14.0. The summed E-state index contributed by atoms with van der Waals surface area (Å²) in [6.07, 6.45) is 3.35.